The Balaban J connectivity index is 2.87. The molecule has 0 aliphatic carbocycles. The first-order valence-electron chi connectivity index (χ1n) is 7.51. The van der Waals surface area contributed by atoms with Crippen LogP contribution in [0, 0.1) is 0 Å². The van der Waals surface area contributed by atoms with Gasteiger partial charge in [0.2, 0.25) is 0 Å². The maximum Gasteiger partial charge on any atom is 0.461 e. The molecule has 1 saturated heterocycles. The highest BCUT2D eigenvalue weighted by atomic mass is 35.5. The summed E-state index contributed by atoms with van der Waals surface area (Å²) >= 11 is 5.83. The second-order valence-electron chi connectivity index (χ2n) is 7.48. The first-order valence-corrected chi connectivity index (χ1v) is 9.25. The van der Waals surface area contributed by atoms with Crippen molar-refractivity contribution in [2.45, 2.75) is 82.6 Å². The van der Waals surface area contributed by atoms with Gasteiger partial charge in [0.05, 0.1) is 26.9 Å². The van der Waals surface area contributed by atoms with E-state index in [4.69, 9.17) is 26.0 Å². The minimum Gasteiger partial charge on any atom is -0.403 e. The van der Waals surface area contributed by atoms with Crippen molar-refractivity contribution in [1.29, 1.82) is 0 Å². The molecule has 2 atom stereocenters. The van der Waals surface area contributed by atoms with E-state index >= 15 is 0 Å². The highest BCUT2D eigenvalue weighted by Gasteiger charge is 2.54. The maximum atomic E-state index is 11.7. The summed E-state index contributed by atoms with van der Waals surface area (Å²) in [5, 5.41) is 5.62. The summed E-state index contributed by atoms with van der Waals surface area (Å²) in [5.74, 6) is 0.731. The van der Waals surface area contributed by atoms with Crippen LogP contribution in [-0.4, -0.2) is 33.2 Å². The molecule has 0 aromatic heterocycles. The molecule has 1 aliphatic heterocycles. The van der Waals surface area contributed by atoms with E-state index in [0.29, 0.717) is 12.3 Å². The molecule has 0 saturated carbocycles. The van der Waals surface area contributed by atoms with Crippen LogP contribution in [0.1, 0.15) is 60.8 Å². The zero-order valence-corrected chi connectivity index (χ0v) is 15.6. The van der Waals surface area contributed by atoms with Gasteiger partial charge in [0.15, 0.2) is 0 Å². The maximum absolute atomic E-state index is 11.7. The average Bonchev–Trinajstić information content (AvgIpc) is 2.53. The molecule has 7 heteroatoms. The van der Waals surface area contributed by atoms with E-state index in [-0.39, 0.29) is 24.1 Å². The third-order valence-corrected chi connectivity index (χ3v) is 6.19. The van der Waals surface area contributed by atoms with Gasteiger partial charge in [-0.05, 0) is 60.2 Å². The lowest BCUT2D eigenvalue weighted by molar-refractivity contribution is 0.00578. The van der Waals surface area contributed by atoms with Crippen molar-refractivity contribution in [2.75, 3.05) is 5.88 Å². The first kappa shape index (κ1) is 19.4. The number of hydrogen-bond acceptors (Lipinski definition) is 3. The normalized spacial score (nSPS) is 24.1. The van der Waals surface area contributed by atoms with Gasteiger partial charge in [0, 0.05) is 5.88 Å². The van der Waals surface area contributed by atoms with Crippen molar-refractivity contribution >= 4 is 29.7 Å². The molecule has 0 radical (unpaired) electrons. The Morgan fingerprint density at radius 1 is 1.24 bits per heavy atom. The van der Waals surface area contributed by atoms with E-state index in [1.165, 1.54) is 0 Å². The molecule has 0 spiro atoms. The van der Waals surface area contributed by atoms with E-state index in [1.807, 2.05) is 41.5 Å². The van der Waals surface area contributed by atoms with E-state index in [9.17, 15) is 4.21 Å². The zero-order chi connectivity index (χ0) is 16.5. The molecular formula is C14H29BClNO3S. The van der Waals surface area contributed by atoms with Gasteiger partial charge in [-0.3, -0.25) is 5.14 Å². The van der Waals surface area contributed by atoms with Gasteiger partial charge < -0.3 is 9.31 Å². The predicted molar refractivity (Wildman–Crippen MR) is 90.8 cm³/mol. The van der Waals surface area contributed by atoms with Crippen LogP contribution in [0.25, 0.3) is 0 Å². The Kier molecular flexibility index (Phi) is 6.36. The molecule has 0 bridgehead atoms. The minimum absolute atomic E-state index is 0.132. The molecule has 1 heterocycles. The Morgan fingerprint density at radius 2 is 1.71 bits per heavy atom. The summed E-state index contributed by atoms with van der Waals surface area (Å²) in [6, 6.07) is 0. The molecular weight excluding hydrogens is 308 g/mol. The zero-order valence-electron chi connectivity index (χ0n) is 14.1. The largest absolute Gasteiger partial charge is 0.461 e. The second kappa shape index (κ2) is 6.87. The molecule has 1 aliphatic rings. The van der Waals surface area contributed by atoms with E-state index in [1.54, 1.807) is 0 Å². The summed E-state index contributed by atoms with van der Waals surface area (Å²) in [6.07, 6.45) is 2.44. The van der Waals surface area contributed by atoms with Crippen molar-refractivity contribution in [3.8, 4) is 0 Å². The molecule has 1 unspecified atom stereocenters. The van der Waals surface area contributed by atoms with Gasteiger partial charge in [-0.15, -0.1) is 11.6 Å². The molecule has 0 aromatic carbocycles. The predicted octanol–water partition coefficient (Wildman–Crippen LogP) is 3.26. The lowest BCUT2D eigenvalue weighted by Gasteiger charge is -2.32. The Morgan fingerprint density at radius 3 is 2.10 bits per heavy atom. The van der Waals surface area contributed by atoms with Crippen molar-refractivity contribution < 1.29 is 13.5 Å². The summed E-state index contributed by atoms with van der Waals surface area (Å²) in [7, 11) is -1.69. The van der Waals surface area contributed by atoms with Crippen molar-refractivity contribution in [3.05, 3.63) is 0 Å². The topological polar surface area (TPSA) is 61.6 Å². The highest BCUT2D eigenvalue weighted by Crippen LogP contribution is 2.43. The molecule has 21 heavy (non-hydrogen) atoms. The van der Waals surface area contributed by atoms with Crippen LogP contribution in [0.4, 0.5) is 0 Å². The smallest absolute Gasteiger partial charge is 0.403 e. The van der Waals surface area contributed by atoms with E-state index in [2.05, 4.69) is 0 Å². The van der Waals surface area contributed by atoms with Gasteiger partial charge >= 0.3 is 7.12 Å². The third-order valence-electron chi connectivity index (χ3n) is 4.66. The lowest BCUT2D eigenvalue weighted by Crippen LogP contribution is -2.41. The average molecular weight is 338 g/mol. The van der Waals surface area contributed by atoms with Gasteiger partial charge in [0.25, 0.3) is 0 Å². The molecule has 1 fully saturated rings. The van der Waals surface area contributed by atoms with Gasteiger partial charge in [-0.1, -0.05) is 6.42 Å². The van der Waals surface area contributed by atoms with Crippen LogP contribution in [-0.2, 0) is 20.3 Å². The fraction of sp³-hybridized carbons (Fsp3) is 1.00. The fourth-order valence-corrected chi connectivity index (χ4v) is 3.00. The lowest BCUT2D eigenvalue weighted by atomic mass is 9.65. The van der Waals surface area contributed by atoms with Gasteiger partial charge in [0.1, 0.15) is 0 Å². The first-order chi connectivity index (χ1) is 9.43. The number of halogens is 1. The summed E-state index contributed by atoms with van der Waals surface area (Å²) in [6.45, 7) is 12.0. The van der Waals surface area contributed by atoms with Crippen LogP contribution in [0.3, 0.4) is 0 Å². The summed E-state index contributed by atoms with van der Waals surface area (Å²) < 4.78 is 23.5. The molecule has 0 aromatic rings. The third kappa shape index (κ3) is 4.68. The molecule has 0 amide bonds. The summed E-state index contributed by atoms with van der Waals surface area (Å²) in [5.41, 5.74) is -0.716. The van der Waals surface area contributed by atoms with Crippen LogP contribution in [0.2, 0.25) is 5.82 Å². The Bertz CT molecular complexity index is 374. The monoisotopic (exact) mass is 337 g/mol. The molecule has 4 nitrogen and oxygen atoms in total. The number of alkyl halides is 1. The molecule has 2 N–H and O–H groups in total. The van der Waals surface area contributed by atoms with Gasteiger partial charge in [-0.2, -0.15) is 0 Å². The van der Waals surface area contributed by atoms with Crippen molar-refractivity contribution in [2.24, 2.45) is 5.14 Å². The number of rotatable bonds is 7. The van der Waals surface area contributed by atoms with Crippen molar-refractivity contribution in [3.63, 3.8) is 0 Å². The second-order valence-corrected chi connectivity index (χ2v) is 9.56. The SMILES string of the molecule is CC(C)(C[C@@H](CCCCl)B1OC(C)(C)C(C)(C)O1)S(N)=O. The van der Waals surface area contributed by atoms with E-state index in [0.717, 1.165) is 12.8 Å². The van der Waals surface area contributed by atoms with Crippen LogP contribution >= 0.6 is 11.6 Å². The molecule has 1 rings (SSSR count). The number of hydrogen-bond donors (Lipinski definition) is 1. The van der Waals surface area contributed by atoms with E-state index < -0.39 is 15.7 Å². The Hall–Kier alpha value is 0.385. The van der Waals surface area contributed by atoms with Crippen LogP contribution in [0.5, 0.6) is 0 Å². The van der Waals surface area contributed by atoms with Crippen molar-refractivity contribution in [1.82, 2.24) is 0 Å². The quantitative estimate of drug-likeness (QED) is 0.573. The van der Waals surface area contributed by atoms with Crippen LogP contribution in [0.15, 0.2) is 0 Å². The summed E-state index contributed by atoms with van der Waals surface area (Å²) in [4.78, 5) is 0. The van der Waals surface area contributed by atoms with Gasteiger partial charge in [-0.25, -0.2) is 4.21 Å². The Labute approximate surface area is 137 Å². The number of nitrogens with two attached hydrogens (primary N) is 1. The van der Waals surface area contributed by atoms with Crippen LogP contribution < -0.4 is 5.14 Å². The standard InChI is InChI=1S/C14H29BClNO3S/c1-12(2,21(17)18)10-11(8-7-9-16)15-19-13(3,4)14(5,6)20-15/h11H,7-10,17H2,1-6H3/t11-,21?/m1/s1. The highest BCUT2D eigenvalue weighted by molar-refractivity contribution is 7.84. The molecule has 124 valence electrons. The fourth-order valence-electron chi connectivity index (χ4n) is 2.47. The minimum atomic E-state index is -1.38.